The third-order valence-corrected chi connectivity index (χ3v) is 1.97. The maximum Gasteiger partial charge on any atom is 0.166 e. The monoisotopic (exact) mass is 174 g/mol. The molecule has 1 unspecified atom stereocenters. The summed E-state index contributed by atoms with van der Waals surface area (Å²) in [4.78, 5) is 0. The first-order chi connectivity index (χ1) is 5.56. The van der Waals surface area contributed by atoms with E-state index >= 15 is 0 Å². The fourth-order valence-electron chi connectivity index (χ4n) is 1.63. The number of aliphatic hydroxyl groups excluding tert-OH is 1. The molecule has 0 amide bonds. The predicted molar refractivity (Wildman–Crippen MR) is 45.8 cm³/mol. The molecule has 1 aliphatic heterocycles. The molecule has 1 fully saturated rings. The molecule has 1 aliphatic rings. The highest BCUT2D eigenvalue weighted by Gasteiger charge is 2.37. The zero-order chi connectivity index (χ0) is 9.19. The molecule has 1 rings (SSSR count). The lowest BCUT2D eigenvalue weighted by atomic mass is 10.0. The number of rotatable bonds is 3. The molecule has 0 aromatic rings. The Hall–Kier alpha value is -0.120. The van der Waals surface area contributed by atoms with Gasteiger partial charge in [-0.15, -0.1) is 0 Å². The maximum atomic E-state index is 8.83. The van der Waals surface area contributed by atoms with Gasteiger partial charge in [0.2, 0.25) is 0 Å². The molecular weight excluding hydrogens is 156 g/mol. The van der Waals surface area contributed by atoms with E-state index in [9.17, 15) is 0 Å². The number of aliphatic hydroxyl groups is 1. The molecule has 0 aromatic heterocycles. The molecule has 1 N–H and O–H groups in total. The molecule has 3 nitrogen and oxygen atoms in total. The van der Waals surface area contributed by atoms with Crippen LogP contribution in [0.3, 0.4) is 0 Å². The van der Waals surface area contributed by atoms with E-state index in [2.05, 4.69) is 13.8 Å². The smallest absolute Gasteiger partial charge is 0.166 e. The molecule has 1 saturated heterocycles. The van der Waals surface area contributed by atoms with Crippen LogP contribution in [0.1, 0.15) is 27.2 Å². The Kier molecular flexibility index (Phi) is 3.09. The molecule has 1 heterocycles. The van der Waals surface area contributed by atoms with Crippen molar-refractivity contribution in [2.45, 2.75) is 39.1 Å². The van der Waals surface area contributed by atoms with Gasteiger partial charge in [-0.1, -0.05) is 13.8 Å². The summed E-state index contributed by atoms with van der Waals surface area (Å²) in [6, 6.07) is 0. The largest absolute Gasteiger partial charge is 0.394 e. The van der Waals surface area contributed by atoms with E-state index in [1.165, 1.54) is 0 Å². The van der Waals surface area contributed by atoms with Crippen molar-refractivity contribution in [3.63, 3.8) is 0 Å². The maximum absolute atomic E-state index is 8.83. The average molecular weight is 174 g/mol. The topological polar surface area (TPSA) is 38.7 Å². The van der Waals surface area contributed by atoms with E-state index < -0.39 is 5.79 Å². The highest BCUT2D eigenvalue weighted by atomic mass is 16.7. The molecule has 2 atom stereocenters. The Morgan fingerprint density at radius 1 is 1.58 bits per heavy atom. The molecule has 0 aliphatic carbocycles. The number of hydrogen-bond acceptors (Lipinski definition) is 3. The third kappa shape index (κ3) is 2.44. The van der Waals surface area contributed by atoms with Gasteiger partial charge in [-0.3, -0.25) is 0 Å². The van der Waals surface area contributed by atoms with Crippen LogP contribution < -0.4 is 0 Å². The third-order valence-electron chi connectivity index (χ3n) is 1.97. The lowest BCUT2D eigenvalue weighted by Crippen LogP contribution is -2.29. The first-order valence-corrected chi connectivity index (χ1v) is 4.48. The minimum Gasteiger partial charge on any atom is -0.394 e. The van der Waals surface area contributed by atoms with Crippen LogP contribution in [0.2, 0.25) is 0 Å². The highest BCUT2D eigenvalue weighted by molar-refractivity contribution is 4.75. The van der Waals surface area contributed by atoms with Gasteiger partial charge in [0, 0.05) is 6.42 Å². The summed E-state index contributed by atoms with van der Waals surface area (Å²) in [5.41, 5.74) is 0. The van der Waals surface area contributed by atoms with Crippen LogP contribution in [-0.4, -0.2) is 30.2 Å². The van der Waals surface area contributed by atoms with Gasteiger partial charge in [-0.05, 0) is 12.8 Å². The Bertz CT molecular complexity index is 147. The summed E-state index contributed by atoms with van der Waals surface area (Å²) in [5, 5.41) is 8.83. The van der Waals surface area contributed by atoms with Crippen molar-refractivity contribution in [1.29, 1.82) is 0 Å². The van der Waals surface area contributed by atoms with Crippen LogP contribution >= 0.6 is 0 Å². The van der Waals surface area contributed by atoms with E-state index in [-0.39, 0.29) is 12.7 Å². The molecule has 0 aromatic carbocycles. The van der Waals surface area contributed by atoms with Gasteiger partial charge in [0.25, 0.3) is 0 Å². The summed E-state index contributed by atoms with van der Waals surface area (Å²) >= 11 is 0. The molecule has 3 heteroatoms. The molecule has 0 bridgehead atoms. The van der Waals surface area contributed by atoms with Gasteiger partial charge >= 0.3 is 0 Å². The number of ether oxygens (including phenoxy) is 2. The van der Waals surface area contributed by atoms with E-state index in [0.717, 1.165) is 6.42 Å². The van der Waals surface area contributed by atoms with Crippen molar-refractivity contribution in [2.24, 2.45) is 5.92 Å². The van der Waals surface area contributed by atoms with Crippen molar-refractivity contribution in [3.8, 4) is 0 Å². The zero-order valence-corrected chi connectivity index (χ0v) is 8.04. The summed E-state index contributed by atoms with van der Waals surface area (Å²) in [6.45, 7) is 6.75. The predicted octanol–water partition coefficient (Wildman–Crippen LogP) is 1.16. The standard InChI is InChI=1S/C9H18O3/c1-7(2)4-9(3)11-6-8(5-10)12-9/h7-8,10H,4-6H2,1-3H3/t8-,9?/m1/s1. The van der Waals surface area contributed by atoms with E-state index in [1.807, 2.05) is 6.92 Å². The average Bonchev–Trinajstić information content (AvgIpc) is 2.30. The van der Waals surface area contributed by atoms with Crippen LogP contribution in [0.25, 0.3) is 0 Å². The molecular formula is C9H18O3. The van der Waals surface area contributed by atoms with Gasteiger partial charge in [0.15, 0.2) is 5.79 Å². The van der Waals surface area contributed by atoms with Crippen LogP contribution in [-0.2, 0) is 9.47 Å². The Labute approximate surface area is 73.7 Å². The second-order valence-corrected chi connectivity index (χ2v) is 3.97. The lowest BCUT2D eigenvalue weighted by Gasteiger charge is -2.24. The van der Waals surface area contributed by atoms with E-state index in [4.69, 9.17) is 14.6 Å². The highest BCUT2D eigenvalue weighted by Crippen LogP contribution is 2.29. The minimum absolute atomic E-state index is 0.0493. The molecule has 12 heavy (non-hydrogen) atoms. The molecule has 0 saturated carbocycles. The van der Waals surface area contributed by atoms with E-state index in [0.29, 0.717) is 12.5 Å². The SMILES string of the molecule is CC(C)CC1(C)OC[C@@H](CO)O1. The van der Waals surface area contributed by atoms with Gasteiger partial charge in [-0.2, -0.15) is 0 Å². The van der Waals surface area contributed by atoms with E-state index in [1.54, 1.807) is 0 Å². The van der Waals surface area contributed by atoms with Gasteiger partial charge in [-0.25, -0.2) is 0 Å². The first-order valence-electron chi connectivity index (χ1n) is 4.48. The summed E-state index contributed by atoms with van der Waals surface area (Å²) < 4.78 is 11.0. The van der Waals surface area contributed by atoms with Crippen molar-refractivity contribution in [2.75, 3.05) is 13.2 Å². The second kappa shape index (κ2) is 3.73. The Morgan fingerprint density at radius 3 is 2.67 bits per heavy atom. The Morgan fingerprint density at radius 2 is 2.25 bits per heavy atom. The quantitative estimate of drug-likeness (QED) is 0.697. The zero-order valence-electron chi connectivity index (χ0n) is 8.04. The van der Waals surface area contributed by atoms with Crippen LogP contribution in [0, 0.1) is 5.92 Å². The number of hydrogen-bond donors (Lipinski definition) is 1. The second-order valence-electron chi connectivity index (χ2n) is 3.97. The summed E-state index contributed by atoms with van der Waals surface area (Å²) in [7, 11) is 0. The van der Waals surface area contributed by atoms with Crippen molar-refractivity contribution in [1.82, 2.24) is 0 Å². The van der Waals surface area contributed by atoms with Gasteiger partial charge in [0.1, 0.15) is 6.10 Å². The lowest BCUT2D eigenvalue weighted by molar-refractivity contribution is -0.167. The first kappa shape index (κ1) is 9.96. The fraction of sp³-hybridized carbons (Fsp3) is 1.00. The van der Waals surface area contributed by atoms with Crippen LogP contribution in [0.5, 0.6) is 0 Å². The Balaban J connectivity index is 2.41. The normalized spacial score (nSPS) is 36.2. The van der Waals surface area contributed by atoms with Crippen molar-refractivity contribution < 1.29 is 14.6 Å². The van der Waals surface area contributed by atoms with Gasteiger partial charge in [0.05, 0.1) is 13.2 Å². The molecule has 72 valence electrons. The molecule has 0 spiro atoms. The molecule has 0 radical (unpaired) electrons. The van der Waals surface area contributed by atoms with Crippen LogP contribution in [0.4, 0.5) is 0 Å². The van der Waals surface area contributed by atoms with Gasteiger partial charge < -0.3 is 14.6 Å². The summed E-state index contributed by atoms with van der Waals surface area (Å²) in [5.74, 6) is 0.0779. The van der Waals surface area contributed by atoms with Crippen LogP contribution in [0.15, 0.2) is 0 Å². The van der Waals surface area contributed by atoms with Crippen molar-refractivity contribution >= 4 is 0 Å². The summed E-state index contributed by atoms with van der Waals surface area (Å²) in [6.07, 6.45) is 0.748. The van der Waals surface area contributed by atoms with Crippen molar-refractivity contribution in [3.05, 3.63) is 0 Å². The fourth-order valence-corrected chi connectivity index (χ4v) is 1.63. The minimum atomic E-state index is -0.471.